The summed E-state index contributed by atoms with van der Waals surface area (Å²) < 4.78 is 6.49. The summed E-state index contributed by atoms with van der Waals surface area (Å²) in [6.45, 7) is 3.04. The third kappa shape index (κ3) is 3.81. The van der Waals surface area contributed by atoms with E-state index in [1.54, 1.807) is 0 Å². The molecule has 1 aromatic carbocycles. The lowest BCUT2D eigenvalue weighted by Gasteiger charge is -2.27. The van der Waals surface area contributed by atoms with Crippen LogP contribution in [0.15, 0.2) is 28.8 Å². The van der Waals surface area contributed by atoms with Crippen molar-refractivity contribution in [3.8, 4) is 11.5 Å². The largest absolute Gasteiger partial charge is 0.334 e. The number of likely N-dealkylation sites (tertiary alicyclic amines) is 1. The minimum Gasteiger partial charge on any atom is -0.334 e. The highest BCUT2D eigenvalue weighted by molar-refractivity contribution is 14.1. The number of nitrogens with two attached hydrogens (primary N) is 1. The lowest BCUT2D eigenvalue weighted by molar-refractivity contribution is 0.213. The van der Waals surface area contributed by atoms with Crippen LogP contribution in [0.2, 0.25) is 0 Å². The van der Waals surface area contributed by atoms with Crippen molar-refractivity contribution in [1.29, 1.82) is 0 Å². The fourth-order valence-corrected chi connectivity index (χ4v) is 3.17. The molecule has 1 atom stereocenters. The molecule has 1 unspecified atom stereocenters. The van der Waals surface area contributed by atoms with Gasteiger partial charge >= 0.3 is 0 Å². The highest BCUT2D eigenvalue weighted by atomic mass is 127. The van der Waals surface area contributed by atoms with Gasteiger partial charge < -0.3 is 15.2 Å². The van der Waals surface area contributed by atoms with Crippen molar-refractivity contribution in [2.24, 2.45) is 5.73 Å². The molecule has 5 nitrogen and oxygen atoms in total. The number of nitrogens with zero attached hydrogens (tertiary/aromatic N) is 3. The summed E-state index contributed by atoms with van der Waals surface area (Å²) in [5.74, 6) is 1.13. The van der Waals surface area contributed by atoms with Crippen LogP contribution in [0.3, 0.4) is 0 Å². The lowest BCUT2D eigenvalue weighted by atomic mass is 10.1. The van der Waals surface area contributed by atoms with Crippen LogP contribution in [0.25, 0.3) is 11.5 Å². The first-order valence-electron chi connectivity index (χ1n) is 7.30. The molecule has 1 aliphatic heterocycles. The molecule has 112 valence electrons. The van der Waals surface area contributed by atoms with E-state index in [1.165, 1.54) is 19.3 Å². The third-order valence-electron chi connectivity index (χ3n) is 3.75. The van der Waals surface area contributed by atoms with Crippen molar-refractivity contribution < 1.29 is 4.52 Å². The van der Waals surface area contributed by atoms with Crippen LogP contribution in [0.1, 0.15) is 31.1 Å². The molecule has 0 bridgehead atoms. The standard InChI is InChI=1S/C15H19IN4O/c16-12-6-4-5-11(9-12)15-18-14(19-21-15)13(17)10-20-7-2-1-3-8-20/h4-6,9,13H,1-3,7-8,10,17H2. The molecule has 0 radical (unpaired) electrons. The molecule has 0 amide bonds. The molecule has 3 rings (SSSR count). The normalized spacial score (nSPS) is 17.8. The Morgan fingerprint density at radius 1 is 1.29 bits per heavy atom. The highest BCUT2D eigenvalue weighted by Crippen LogP contribution is 2.21. The quantitative estimate of drug-likeness (QED) is 0.803. The number of benzene rings is 1. The van der Waals surface area contributed by atoms with E-state index in [0.29, 0.717) is 11.7 Å². The van der Waals surface area contributed by atoms with Crippen molar-refractivity contribution >= 4 is 22.6 Å². The highest BCUT2D eigenvalue weighted by Gasteiger charge is 2.19. The third-order valence-corrected chi connectivity index (χ3v) is 4.42. The van der Waals surface area contributed by atoms with Gasteiger partial charge in [-0.25, -0.2) is 0 Å². The van der Waals surface area contributed by atoms with Crippen LogP contribution in [-0.4, -0.2) is 34.7 Å². The zero-order valence-corrected chi connectivity index (χ0v) is 14.0. The molecule has 2 aromatic rings. The van der Waals surface area contributed by atoms with Crippen molar-refractivity contribution in [1.82, 2.24) is 15.0 Å². The molecule has 1 fully saturated rings. The number of rotatable bonds is 4. The molecule has 2 N–H and O–H groups in total. The Kier molecular flexibility index (Phi) is 4.87. The second-order valence-electron chi connectivity index (χ2n) is 5.44. The minimum atomic E-state index is -0.191. The van der Waals surface area contributed by atoms with Crippen LogP contribution < -0.4 is 5.73 Å². The maximum absolute atomic E-state index is 6.22. The van der Waals surface area contributed by atoms with E-state index in [4.69, 9.17) is 10.3 Å². The zero-order chi connectivity index (χ0) is 14.7. The van der Waals surface area contributed by atoms with Gasteiger partial charge in [0.15, 0.2) is 5.82 Å². The van der Waals surface area contributed by atoms with Gasteiger partial charge in [-0.2, -0.15) is 4.98 Å². The molecule has 6 heteroatoms. The molecule has 1 aliphatic rings. The second kappa shape index (κ2) is 6.85. The molecule has 1 saturated heterocycles. The number of halogens is 1. The van der Waals surface area contributed by atoms with E-state index < -0.39 is 0 Å². The van der Waals surface area contributed by atoms with Crippen molar-refractivity contribution in [3.05, 3.63) is 33.7 Å². The zero-order valence-electron chi connectivity index (χ0n) is 11.8. The van der Waals surface area contributed by atoms with Gasteiger partial charge in [-0.1, -0.05) is 17.6 Å². The topological polar surface area (TPSA) is 68.2 Å². The number of hydrogen-bond acceptors (Lipinski definition) is 5. The Labute approximate surface area is 138 Å². The average molecular weight is 398 g/mol. The lowest BCUT2D eigenvalue weighted by Crippen LogP contribution is -2.36. The summed E-state index contributed by atoms with van der Waals surface area (Å²) in [6.07, 6.45) is 3.84. The van der Waals surface area contributed by atoms with Crippen LogP contribution in [-0.2, 0) is 0 Å². The number of aromatic nitrogens is 2. The van der Waals surface area contributed by atoms with Gasteiger partial charge in [-0.3, -0.25) is 0 Å². The molecule has 1 aromatic heterocycles. The Hall–Kier alpha value is -0.990. The predicted molar refractivity (Wildman–Crippen MR) is 89.7 cm³/mol. The Morgan fingerprint density at radius 3 is 2.86 bits per heavy atom. The van der Waals surface area contributed by atoms with E-state index in [9.17, 15) is 0 Å². The van der Waals surface area contributed by atoms with Crippen molar-refractivity contribution in [2.75, 3.05) is 19.6 Å². The SMILES string of the molecule is NC(CN1CCCCC1)c1noc(-c2cccc(I)c2)n1. The average Bonchev–Trinajstić information content (AvgIpc) is 2.98. The summed E-state index contributed by atoms with van der Waals surface area (Å²) in [6, 6.07) is 7.81. The maximum Gasteiger partial charge on any atom is 0.258 e. The molecule has 2 heterocycles. The summed E-state index contributed by atoms with van der Waals surface area (Å²) in [7, 11) is 0. The Bertz CT molecular complexity index is 595. The van der Waals surface area contributed by atoms with Gasteiger partial charge in [0.25, 0.3) is 5.89 Å². The summed E-state index contributed by atoms with van der Waals surface area (Å²) in [5, 5.41) is 4.05. The van der Waals surface area contributed by atoms with E-state index in [-0.39, 0.29) is 6.04 Å². The molecule has 0 saturated carbocycles. The molecule has 0 aliphatic carbocycles. The summed E-state index contributed by atoms with van der Waals surface area (Å²) in [5.41, 5.74) is 7.15. The van der Waals surface area contributed by atoms with E-state index >= 15 is 0 Å². The fourth-order valence-electron chi connectivity index (χ4n) is 2.63. The van der Waals surface area contributed by atoms with Crippen LogP contribution in [0, 0.1) is 3.57 Å². The maximum atomic E-state index is 6.22. The van der Waals surface area contributed by atoms with E-state index in [0.717, 1.165) is 28.8 Å². The van der Waals surface area contributed by atoms with Gasteiger partial charge in [0, 0.05) is 15.7 Å². The van der Waals surface area contributed by atoms with Crippen molar-refractivity contribution in [2.45, 2.75) is 25.3 Å². The van der Waals surface area contributed by atoms with Gasteiger partial charge in [-0.05, 0) is 66.7 Å². The fraction of sp³-hybridized carbons (Fsp3) is 0.467. The van der Waals surface area contributed by atoms with Gasteiger partial charge in [0.05, 0.1) is 6.04 Å². The Morgan fingerprint density at radius 2 is 2.10 bits per heavy atom. The van der Waals surface area contributed by atoms with Crippen LogP contribution in [0.4, 0.5) is 0 Å². The van der Waals surface area contributed by atoms with E-state index in [2.05, 4.69) is 37.6 Å². The first kappa shape index (κ1) is 14.9. The number of hydrogen-bond donors (Lipinski definition) is 1. The minimum absolute atomic E-state index is 0.191. The molecular formula is C15H19IN4O. The second-order valence-corrected chi connectivity index (χ2v) is 6.68. The number of piperidine rings is 1. The molecule has 0 spiro atoms. The van der Waals surface area contributed by atoms with Gasteiger partial charge in [0.2, 0.25) is 0 Å². The first-order valence-corrected chi connectivity index (χ1v) is 8.38. The summed E-state index contributed by atoms with van der Waals surface area (Å²) in [4.78, 5) is 6.84. The smallest absolute Gasteiger partial charge is 0.258 e. The molecule has 21 heavy (non-hydrogen) atoms. The van der Waals surface area contributed by atoms with Gasteiger partial charge in [0.1, 0.15) is 0 Å². The van der Waals surface area contributed by atoms with Crippen molar-refractivity contribution in [3.63, 3.8) is 0 Å². The summed E-state index contributed by atoms with van der Waals surface area (Å²) >= 11 is 2.27. The van der Waals surface area contributed by atoms with Crippen LogP contribution in [0.5, 0.6) is 0 Å². The van der Waals surface area contributed by atoms with Crippen LogP contribution >= 0.6 is 22.6 Å². The monoisotopic (exact) mass is 398 g/mol. The van der Waals surface area contributed by atoms with Gasteiger partial charge in [-0.15, -0.1) is 0 Å². The predicted octanol–water partition coefficient (Wildman–Crippen LogP) is 2.83. The van der Waals surface area contributed by atoms with E-state index in [1.807, 2.05) is 24.3 Å². The first-order chi connectivity index (χ1) is 10.2. The molecular weight excluding hydrogens is 379 g/mol. The Balaban J connectivity index is 1.69.